The van der Waals surface area contributed by atoms with Gasteiger partial charge in [-0.15, -0.1) is 10.2 Å². The van der Waals surface area contributed by atoms with Crippen molar-refractivity contribution in [1.82, 2.24) is 14.6 Å². The molecule has 8 heteroatoms. The maximum absolute atomic E-state index is 12.5. The summed E-state index contributed by atoms with van der Waals surface area (Å²) in [4.78, 5) is 12.5. The first-order valence-corrected chi connectivity index (χ1v) is 10.7. The number of hydrogen-bond acceptors (Lipinski definition) is 6. The number of anilines is 1. The summed E-state index contributed by atoms with van der Waals surface area (Å²) >= 11 is 1.36. The molecule has 1 aliphatic rings. The number of nitrogens with zero attached hydrogens (tertiary/aromatic N) is 3. The molecule has 4 aromatic rings. The third-order valence-electron chi connectivity index (χ3n) is 5.07. The predicted octanol–water partition coefficient (Wildman–Crippen LogP) is 4.21. The number of benzene rings is 2. The molecule has 1 aliphatic heterocycles. The summed E-state index contributed by atoms with van der Waals surface area (Å²) in [5.74, 6) is 1.58. The second-order valence-electron chi connectivity index (χ2n) is 7.12. The standard InChI is InChI=1S/C22H20N4O3S/c1-3-14-5-4-6-16(8-14)23-20(27)11-30-22-25-24-21-13(2)7-15-9-18-19(29-12-28-18)10-17(15)26(21)22/h4-10H,3,11-12H2,1-2H3,(H,23,27). The van der Waals surface area contributed by atoms with Gasteiger partial charge in [0.2, 0.25) is 12.7 Å². The second kappa shape index (κ2) is 7.53. The van der Waals surface area contributed by atoms with Crippen LogP contribution in [-0.4, -0.2) is 33.1 Å². The molecule has 0 atom stereocenters. The number of carbonyl (C=O) groups is 1. The first-order valence-electron chi connectivity index (χ1n) is 9.72. The van der Waals surface area contributed by atoms with Gasteiger partial charge in [0.25, 0.3) is 0 Å². The van der Waals surface area contributed by atoms with Crippen LogP contribution < -0.4 is 14.8 Å². The van der Waals surface area contributed by atoms with Gasteiger partial charge in [0, 0.05) is 17.1 Å². The summed E-state index contributed by atoms with van der Waals surface area (Å²) in [6, 6.07) is 13.9. The quantitative estimate of drug-likeness (QED) is 0.487. The third kappa shape index (κ3) is 3.33. The van der Waals surface area contributed by atoms with Crippen molar-refractivity contribution in [2.45, 2.75) is 25.4 Å². The van der Waals surface area contributed by atoms with Gasteiger partial charge in [-0.05, 0) is 48.7 Å². The fourth-order valence-corrected chi connectivity index (χ4v) is 4.33. The van der Waals surface area contributed by atoms with Crippen LogP contribution in [0.4, 0.5) is 5.69 Å². The number of aryl methyl sites for hydroxylation is 2. The average Bonchev–Trinajstić information content (AvgIpc) is 3.38. The van der Waals surface area contributed by atoms with Crippen LogP contribution in [0, 0.1) is 6.92 Å². The lowest BCUT2D eigenvalue weighted by atomic mass is 10.1. The Hall–Kier alpha value is -3.26. The fraction of sp³-hybridized carbons (Fsp3) is 0.227. The fourth-order valence-electron chi connectivity index (χ4n) is 3.59. The molecule has 0 spiro atoms. The third-order valence-corrected chi connectivity index (χ3v) is 6.00. The summed E-state index contributed by atoms with van der Waals surface area (Å²) in [6.07, 6.45) is 0.926. The number of rotatable bonds is 5. The van der Waals surface area contributed by atoms with Crippen LogP contribution in [0.3, 0.4) is 0 Å². The van der Waals surface area contributed by atoms with Gasteiger partial charge in [-0.25, -0.2) is 0 Å². The zero-order valence-corrected chi connectivity index (χ0v) is 17.5. The number of ether oxygens (including phenoxy) is 2. The first kappa shape index (κ1) is 18.7. The molecule has 2 aromatic heterocycles. The molecule has 2 aromatic carbocycles. The van der Waals surface area contributed by atoms with Crippen molar-refractivity contribution in [3.63, 3.8) is 0 Å². The molecule has 7 nitrogen and oxygen atoms in total. The Morgan fingerprint density at radius 3 is 2.83 bits per heavy atom. The van der Waals surface area contributed by atoms with Crippen molar-refractivity contribution in [2.75, 3.05) is 17.9 Å². The number of amides is 1. The van der Waals surface area contributed by atoms with Gasteiger partial charge >= 0.3 is 0 Å². The molecule has 0 fully saturated rings. The number of thioether (sulfide) groups is 1. The topological polar surface area (TPSA) is 77.8 Å². The molecule has 0 aliphatic carbocycles. The highest BCUT2D eigenvalue weighted by molar-refractivity contribution is 7.99. The molecule has 0 bridgehead atoms. The van der Waals surface area contributed by atoms with Crippen molar-refractivity contribution >= 4 is 39.9 Å². The molecule has 1 amide bonds. The van der Waals surface area contributed by atoms with Crippen LogP contribution in [0.15, 0.2) is 47.6 Å². The van der Waals surface area contributed by atoms with Crippen molar-refractivity contribution in [1.29, 1.82) is 0 Å². The molecule has 5 rings (SSSR count). The van der Waals surface area contributed by atoms with E-state index in [0.717, 1.165) is 40.0 Å². The van der Waals surface area contributed by atoms with Gasteiger partial charge in [0.1, 0.15) is 0 Å². The molecule has 0 saturated carbocycles. The zero-order valence-electron chi connectivity index (χ0n) is 16.6. The monoisotopic (exact) mass is 420 g/mol. The van der Waals surface area contributed by atoms with E-state index in [-0.39, 0.29) is 18.5 Å². The molecule has 30 heavy (non-hydrogen) atoms. The molecule has 152 valence electrons. The number of pyridine rings is 1. The summed E-state index contributed by atoms with van der Waals surface area (Å²) in [6.45, 7) is 4.30. The largest absolute Gasteiger partial charge is 0.454 e. The van der Waals surface area contributed by atoms with E-state index in [1.165, 1.54) is 17.3 Å². The Kier molecular flexibility index (Phi) is 4.71. The normalized spacial score (nSPS) is 12.6. The van der Waals surface area contributed by atoms with E-state index in [4.69, 9.17) is 9.47 Å². The van der Waals surface area contributed by atoms with E-state index in [1.807, 2.05) is 47.7 Å². The molecule has 1 N–H and O–H groups in total. The second-order valence-corrected chi connectivity index (χ2v) is 8.07. The Balaban J connectivity index is 1.43. The Morgan fingerprint density at radius 2 is 2.00 bits per heavy atom. The summed E-state index contributed by atoms with van der Waals surface area (Å²) < 4.78 is 13.0. The summed E-state index contributed by atoms with van der Waals surface area (Å²) in [5, 5.41) is 13.3. The molecule has 3 heterocycles. The minimum absolute atomic E-state index is 0.0837. The van der Waals surface area contributed by atoms with Gasteiger partial charge in [-0.2, -0.15) is 0 Å². The van der Waals surface area contributed by atoms with E-state index in [1.54, 1.807) is 0 Å². The van der Waals surface area contributed by atoms with Crippen molar-refractivity contribution in [3.8, 4) is 11.5 Å². The molecule has 0 saturated heterocycles. The van der Waals surface area contributed by atoms with E-state index in [0.29, 0.717) is 10.9 Å². The molecule has 0 unspecified atom stereocenters. The number of hydrogen-bond donors (Lipinski definition) is 1. The Labute approximate surface area is 177 Å². The van der Waals surface area contributed by atoms with Crippen molar-refractivity contribution < 1.29 is 14.3 Å². The smallest absolute Gasteiger partial charge is 0.234 e. The van der Waals surface area contributed by atoms with Crippen LogP contribution in [0.5, 0.6) is 11.5 Å². The zero-order chi connectivity index (χ0) is 20.7. The molecular weight excluding hydrogens is 400 g/mol. The van der Waals surface area contributed by atoms with E-state index in [9.17, 15) is 4.79 Å². The van der Waals surface area contributed by atoms with Crippen LogP contribution in [-0.2, 0) is 11.2 Å². The highest BCUT2D eigenvalue weighted by Crippen LogP contribution is 2.37. The van der Waals surface area contributed by atoms with E-state index < -0.39 is 0 Å². The maximum atomic E-state index is 12.5. The minimum Gasteiger partial charge on any atom is -0.454 e. The number of carbonyl (C=O) groups excluding carboxylic acids is 1. The van der Waals surface area contributed by atoms with Gasteiger partial charge < -0.3 is 14.8 Å². The number of fused-ring (bicyclic) bond motifs is 4. The lowest BCUT2D eigenvalue weighted by Crippen LogP contribution is -2.14. The van der Waals surface area contributed by atoms with Crippen LogP contribution >= 0.6 is 11.8 Å². The van der Waals surface area contributed by atoms with Crippen LogP contribution in [0.25, 0.3) is 16.6 Å². The van der Waals surface area contributed by atoms with Gasteiger partial charge in [0.05, 0.1) is 11.3 Å². The predicted molar refractivity (Wildman–Crippen MR) is 117 cm³/mol. The van der Waals surface area contributed by atoms with Crippen molar-refractivity contribution in [2.24, 2.45) is 0 Å². The van der Waals surface area contributed by atoms with Gasteiger partial charge in [-0.1, -0.05) is 30.8 Å². The Bertz CT molecular complexity index is 1280. The van der Waals surface area contributed by atoms with E-state index in [2.05, 4.69) is 28.5 Å². The number of aromatic nitrogens is 3. The number of nitrogens with one attached hydrogen (secondary N) is 1. The first-order chi connectivity index (χ1) is 14.6. The van der Waals surface area contributed by atoms with Crippen LogP contribution in [0.1, 0.15) is 18.1 Å². The lowest BCUT2D eigenvalue weighted by molar-refractivity contribution is -0.113. The van der Waals surface area contributed by atoms with Gasteiger partial charge in [0.15, 0.2) is 22.3 Å². The summed E-state index contributed by atoms with van der Waals surface area (Å²) in [5.41, 5.74) is 4.68. The minimum atomic E-state index is -0.0837. The molecule has 0 radical (unpaired) electrons. The average molecular weight is 420 g/mol. The van der Waals surface area contributed by atoms with E-state index >= 15 is 0 Å². The van der Waals surface area contributed by atoms with Crippen molar-refractivity contribution in [3.05, 3.63) is 53.6 Å². The maximum Gasteiger partial charge on any atom is 0.234 e. The molecular formula is C22H20N4O3S. The van der Waals surface area contributed by atoms with Crippen LogP contribution in [0.2, 0.25) is 0 Å². The Morgan fingerprint density at radius 1 is 1.17 bits per heavy atom. The SMILES string of the molecule is CCc1cccc(NC(=O)CSc2nnc3c(C)cc4cc5c(cc4n23)OCO5)c1. The van der Waals surface area contributed by atoms with Gasteiger partial charge in [-0.3, -0.25) is 9.20 Å². The lowest BCUT2D eigenvalue weighted by Gasteiger charge is -2.09. The highest BCUT2D eigenvalue weighted by atomic mass is 32.2. The highest BCUT2D eigenvalue weighted by Gasteiger charge is 2.19. The summed E-state index contributed by atoms with van der Waals surface area (Å²) in [7, 11) is 0.